The average molecular weight is 246 g/mol. The Morgan fingerprint density at radius 2 is 2.00 bits per heavy atom. The second kappa shape index (κ2) is 3.04. The summed E-state index contributed by atoms with van der Waals surface area (Å²) in [6.45, 7) is 0. The largest absolute Gasteiger partial charge is 0.501 e. The highest BCUT2D eigenvalue weighted by molar-refractivity contribution is 6.25. The highest BCUT2D eigenvalue weighted by atomic mass is 16.5. The Morgan fingerprint density at radius 3 is 2.61 bits per heavy atom. The number of nitrogens with two attached hydrogens (primary N) is 1. The number of nitrogens with zero attached hydrogens (tertiary/aromatic N) is 1. The van der Waals surface area contributed by atoms with Crippen LogP contribution in [0.3, 0.4) is 0 Å². The van der Waals surface area contributed by atoms with Gasteiger partial charge in [-0.25, -0.2) is 0 Å². The number of carbonyl (C=O) groups excluding carboxylic acids is 2. The maximum atomic E-state index is 12.3. The van der Waals surface area contributed by atoms with Crippen LogP contribution in [-0.2, 0) is 19.9 Å². The lowest BCUT2D eigenvalue weighted by Crippen LogP contribution is -2.44. The van der Waals surface area contributed by atoms with Gasteiger partial charge in [0.25, 0.3) is 17.3 Å². The molecule has 2 heterocycles. The second-order valence-corrected chi connectivity index (χ2v) is 4.21. The molecule has 1 unspecified atom stereocenters. The van der Waals surface area contributed by atoms with E-state index >= 15 is 0 Å². The van der Waals surface area contributed by atoms with Crippen LogP contribution in [0.5, 0.6) is 0 Å². The zero-order valence-corrected chi connectivity index (χ0v) is 9.51. The summed E-state index contributed by atoms with van der Waals surface area (Å²) < 4.78 is 5.21. The van der Waals surface area contributed by atoms with Crippen molar-refractivity contribution in [2.45, 2.75) is 5.60 Å². The van der Waals surface area contributed by atoms with Gasteiger partial charge in [0.1, 0.15) is 0 Å². The highest BCUT2D eigenvalue weighted by Crippen LogP contribution is 2.47. The Hall–Kier alpha value is -2.50. The molecule has 0 radical (unpaired) electrons. The van der Waals surface area contributed by atoms with E-state index in [0.717, 1.165) is 0 Å². The van der Waals surface area contributed by atoms with Crippen LogP contribution in [0.25, 0.3) is 0 Å². The summed E-state index contributed by atoms with van der Waals surface area (Å²) in [5.74, 6) is -2.49. The molecular formula is C12H10N2O4. The Balaban J connectivity index is 2.27. The third-order valence-electron chi connectivity index (χ3n) is 3.28. The van der Waals surface area contributed by atoms with Crippen LogP contribution < -0.4 is 10.6 Å². The molecule has 0 saturated carbocycles. The molecule has 6 heteroatoms. The van der Waals surface area contributed by atoms with Crippen molar-refractivity contribution in [3.8, 4) is 0 Å². The molecule has 6 nitrogen and oxygen atoms in total. The van der Waals surface area contributed by atoms with E-state index in [-0.39, 0.29) is 0 Å². The molecule has 3 rings (SSSR count). The quantitative estimate of drug-likeness (QED) is 0.635. The van der Waals surface area contributed by atoms with Crippen LogP contribution in [0.1, 0.15) is 5.56 Å². The number of anilines is 1. The minimum Gasteiger partial charge on any atom is -0.501 e. The molecule has 2 aliphatic heterocycles. The lowest BCUT2D eigenvalue weighted by Gasteiger charge is -2.20. The zero-order chi connectivity index (χ0) is 13.1. The molecule has 1 spiro atoms. The molecule has 18 heavy (non-hydrogen) atoms. The number of aliphatic hydroxyl groups excluding tert-OH is 1. The van der Waals surface area contributed by atoms with Crippen molar-refractivity contribution in [2.75, 3.05) is 11.9 Å². The number of carbonyl (C=O) groups is 2. The van der Waals surface area contributed by atoms with Gasteiger partial charge in [-0.3, -0.25) is 9.59 Å². The van der Waals surface area contributed by atoms with Gasteiger partial charge in [-0.1, -0.05) is 18.2 Å². The number of ketones is 1. The fourth-order valence-corrected chi connectivity index (χ4v) is 2.38. The molecule has 0 saturated heterocycles. The van der Waals surface area contributed by atoms with Crippen molar-refractivity contribution >= 4 is 17.4 Å². The zero-order valence-electron chi connectivity index (χ0n) is 9.51. The maximum absolute atomic E-state index is 12.3. The van der Waals surface area contributed by atoms with E-state index in [0.29, 0.717) is 11.3 Å². The average Bonchev–Trinajstić information content (AvgIpc) is 2.73. The van der Waals surface area contributed by atoms with E-state index in [1.807, 2.05) is 0 Å². The number of hydrogen-bond acceptors (Lipinski definition) is 5. The fraction of sp³-hybridized carbons (Fsp3) is 0.167. The van der Waals surface area contributed by atoms with E-state index in [9.17, 15) is 14.7 Å². The number of Topliss-reactive ketones (excluding diaryl/α,β-unsaturated/α-hetero) is 1. The summed E-state index contributed by atoms with van der Waals surface area (Å²) in [6.07, 6.45) is 0. The van der Waals surface area contributed by atoms with Crippen LogP contribution in [0.2, 0.25) is 0 Å². The molecule has 0 aromatic heterocycles. The Kier molecular flexibility index (Phi) is 1.80. The Morgan fingerprint density at radius 1 is 1.33 bits per heavy atom. The number of fused-ring (bicyclic) bond motifs is 2. The number of hydrogen-bond donors (Lipinski definition) is 2. The third kappa shape index (κ3) is 0.935. The Labute approximate surface area is 102 Å². The van der Waals surface area contributed by atoms with E-state index in [1.54, 1.807) is 24.3 Å². The molecule has 2 aliphatic rings. The number of rotatable bonds is 0. The maximum Gasteiger partial charge on any atom is 0.284 e. The standard InChI is InChI=1S/C12H10N2O4/c1-14-7-5-3-2-4-6(7)12(11(14)17)9(16)8(15)10(13)18-12/h2-5,15H,13H2,1H3. The molecule has 3 N–H and O–H groups in total. The van der Waals surface area contributed by atoms with Gasteiger partial charge in [0, 0.05) is 12.6 Å². The van der Waals surface area contributed by atoms with Crippen LogP contribution >= 0.6 is 0 Å². The summed E-state index contributed by atoms with van der Waals surface area (Å²) in [5, 5.41) is 9.53. The van der Waals surface area contributed by atoms with E-state index < -0.39 is 28.9 Å². The van der Waals surface area contributed by atoms with Crippen molar-refractivity contribution in [1.82, 2.24) is 0 Å². The minimum absolute atomic E-state index is 0.398. The molecule has 0 bridgehead atoms. The van der Waals surface area contributed by atoms with E-state index in [2.05, 4.69) is 0 Å². The predicted molar refractivity (Wildman–Crippen MR) is 61.5 cm³/mol. The summed E-state index contributed by atoms with van der Waals surface area (Å²) in [4.78, 5) is 25.7. The Bertz CT molecular complexity index is 622. The number of ether oxygens (including phenoxy) is 1. The highest BCUT2D eigenvalue weighted by Gasteiger charge is 2.63. The van der Waals surface area contributed by atoms with Gasteiger partial charge in [-0.05, 0) is 6.07 Å². The number of likely N-dealkylation sites (N-methyl/N-ethyl adjacent to an activating group) is 1. The van der Waals surface area contributed by atoms with Gasteiger partial charge in [0.15, 0.2) is 0 Å². The first kappa shape index (κ1) is 10.6. The molecular weight excluding hydrogens is 236 g/mol. The van der Waals surface area contributed by atoms with Gasteiger partial charge >= 0.3 is 0 Å². The van der Waals surface area contributed by atoms with Gasteiger partial charge in [-0.15, -0.1) is 0 Å². The normalized spacial score (nSPS) is 25.9. The number of benzene rings is 1. The molecule has 0 aliphatic carbocycles. The summed E-state index contributed by atoms with van der Waals surface area (Å²) in [6, 6.07) is 6.75. The number of para-hydroxylation sites is 1. The topological polar surface area (TPSA) is 92.9 Å². The monoisotopic (exact) mass is 246 g/mol. The first-order valence-corrected chi connectivity index (χ1v) is 5.30. The lowest BCUT2D eigenvalue weighted by molar-refractivity contribution is -0.147. The molecule has 0 fully saturated rings. The van der Waals surface area contributed by atoms with Crippen molar-refractivity contribution in [3.63, 3.8) is 0 Å². The molecule has 1 aromatic carbocycles. The number of aliphatic hydroxyl groups is 1. The van der Waals surface area contributed by atoms with Crippen molar-refractivity contribution in [1.29, 1.82) is 0 Å². The van der Waals surface area contributed by atoms with Crippen molar-refractivity contribution < 1.29 is 19.4 Å². The molecule has 1 amide bonds. The molecule has 92 valence electrons. The lowest BCUT2D eigenvalue weighted by atomic mass is 9.91. The summed E-state index contributed by atoms with van der Waals surface area (Å²) in [5.41, 5.74) is 4.52. The van der Waals surface area contributed by atoms with Gasteiger partial charge in [0.2, 0.25) is 11.6 Å². The van der Waals surface area contributed by atoms with Crippen molar-refractivity contribution in [2.24, 2.45) is 5.73 Å². The first-order chi connectivity index (χ1) is 8.50. The van der Waals surface area contributed by atoms with Crippen LogP contribution in [-0.4, -0.2) is 23.8 Å². The molecule has 1 atom stereocenters. The third-order valence-corrected chi connectivity index (χ3v) is 3.28. The predicted octanol–water partition coefficient (Wildman–Crippen LogP) is 0.143. The van der Waals surface area contributed by atoms with E-state index in [4.69, 9.17) is 10.5 Å². The van der Waals surface area contributed by atoms with E-state index in [1.165, 1.54) is 11.9 Å². The van der Waals surface area contributed by atoms with Crippen molar-refractivity contribution in [3.05, 3.63) is 41.5 Å². The minimum atomic E-state index is -1.85. The van der Waals surface area contributed by atoms with Crippen LogP contribution in [0.15, 0.2) is 35.9 Å². The van der Waals surface area contributed by atoms with Gasteiger partial charge in [0.05, 0.1) is 5.69 Å². The van der Waals surface area contributed by atoms with Gasteiger partial charge in [-0.2, -0.15) is 0 Å². The molecule has 1 aromatic rings. The summed E-state index contributed by atoms with van der Waals surface area (Å²) in [7, 11) is 1.54. The first-order valence-electron chi connectivity index (χ1n) is 5.30. The second-order valence-electron chi connectivity index (χ2n) is 4.21. The van der Waals surface area contributed by atoms with Crippen LogP contribution in [0.4, 0.5) is 5.69 Å². The smallest absolute Gasteiger partial charge is 0.284 e. The van der Waals surface area contributed by atoms with Gasteiger partial charge < -0.3 is 20.5 Å². The fourth-order valence-electron chi connectivity index (χ4n) is 2.38. The summed E-state index contributed by atoms with van der Waals surface area (Å²) >= 11 is 0. The number of amides is 1. The SMILES string of the molecule is CN1C(=O)C2(OC(N)=C(O)C2=O)c2ccccc21. The van der Waals surface area contributed by atoms with Crippen LogP contribution in [0, 0.1) is 0 Å².